The fraction of sp³-hybridized carbons (Fsp3) is 0.170. The molecule has 1 aliphatic heterocycles. The van der Waals surface area contributed by atoms with E-state index in [0.29, 0.717) is 5.92 Å². The van der Waals surface area contributed by atoms with E-state index >= 15 is 0 Å². The summed E-state index contributed by atoms with van der Waals surface area (Å²) in [5, 5.41) is 0. The van der Waals surface area contributed by atoms with Gasteiger partial charge >= 0.3 is 0 Å². The Morgan fingerprint density at radius 3 is 2.12 bits per heavy atom. The Kier molecular flexibility index (Phi) is 11.8. The number of rotatable bonds is 10. The molecule has 0 amide bonds. The van der Waals surface area contributed by atoms with Crippen molar-refractivity contribution in [3.63, 3.8) is 0 Å². The molecule has 4 aliphatic rings. The van der Waals surface area contributed by atoms with Gasteiger partial charge in [-0.05, 0) is 140 Å². The Morgan fingerprint density at radius 2 is 1.43 bits per heavy atom. The summed E-state index contributed by atoms with van der Waals surface area (Å²) in [5.74, 6) is 0.589. The zero-order chi connectivity index (χ0) is 39.0. The highest BCUT2D eigenvalue weighted by atomic mass is 15.3. The van der Waals surface area contributed by atoms with E-state index in [1.54, 1.807) is 0 Å². The first-order valence-electron chi connectivity index (χ1n) is 20.1. The lowest BCUT2D eigenvalue weighted by Gasteiger charge is -2.44. The highest BCUT2D eigenvalue weighted by Crippen LogP contribution is 2.47. The van der Waals surface area contributed by atoms with Crippen LogP contribution in [0.25, 0.3) is 11.1 Å². The van der Waals surface area contributed by atoms with Gasteiger partial charge in [0.05, 0.1) is 17.1 Å². The Bertz CT molecular complexity index is 2320. The molecule has 0 saturated heterocycles. The fourth-order valence-corrected chi connectivity index (χ4v) is 8.49. The van der Waals surface area contributed by atoms with Crippen LogP contribution < -0.4 is 14.7 Å². The monoisotopic (exact) mass is 731 g/mol. The maximum absolute atomic E-state index is 4.40. The topological polar surface area (TPSA) is 9.72 Å². The molecule has 8 rings (SSSR count). The predicted octanol–water partition coefficient (Wildman–Crippen LogP) is 14.1. The molecule has 4 aromatic rings. The molecule has 1 unspecified atom stereocenters. The summed E-state index contributed by atoms with van der Waals surface area (Å²) in [5.41, 5.74) is 17.1. The molecule has 0 spiro atoms. The number of hydrogen-bond acceptors (Lipinski definition) is 3. The van der Waals surface area contributed by atoms with E-state index in [0.717, 1.165) is 65.5 Å². The second-order valence-electron chi connectivity index (χ2n) is 14.0. The molecule has 0 saturated carbocycles. The number of para-hydroxylation sites is 2. The highest BCUT2D eigenvalue weighted by molar-refractivity contribution is 5.89. The third kappa shape index (κ3) is 7.25. The summed E-state index contributed by atoms with van der Waals surface area (Å²) in [7, 11) is 0. The Balaban J connectivity index is 0.00000237. The summed E-state index contributed by atoms with van der Waals surface area (Å²) in [4.78, 5) is 7.21. The second-order valence-corrected chi connectivity index (χ2v) is 14.0. The second kappa shape index (κ2) is 17.4. The summed E-state index contributed by atoms with van der Waals surface area (Å²) >= 11 is 0. The van der Waals surface area contributed by atoms with Crippen LogP contribution in [0.2, 0.25) is 0 Å². The zero-order valence-corrected chi connectivity index (χ0v) is 33.3. The Hall–Kier alpha value is -6.32. The minimum Gasteiger partial charge on any atom is -0.314 e. The fourth-order valence-electron chi connectivity index (χ4n) is 8.49. The van der Waals surface area contributed by atoms with Crippen molar-refractivity contribution in [3.05, 3.63) is 234 Å². The van der Waals surface area contributed by atoms with E-state index in [9.17, 15) is 0 Å². The minimum atomic E-state index is 0.589. The number of hydrogen-bond donors (Lipinski definition) is 0. The third-order valence-corrected chi connectivity index (χ3v) is 10.8. The highest BCUT2D eigenvalue weighted by Gasteiger charge is 2.35. The van der Waals surface area contributed by atoms with E-state index in [2.05, 4.69) is 200 Å². The van der Waals surface area contributed by atoms with Crippen LogP contribution >= 0.6 is 0 Å². The molecular weight excluding hydrogens is 679 g/mol. The van der Waals surface area contributed by atoms with Crippen LogP contribution in [0.3, 0.4) is 0 Å². The van der Waals surface area contributed by atoms with Gasteiger partial charge in [-0.2, -0.15) is 0 Å². The lowest BCUT2D eigenvalue weighted by Crippen LogP contribution is -2.39. The van der Waals surface area contributed by atoms with Gasteiger partial charge < -0.3 is 14.7 Å². The average molecular weight is 732 g/mol. The molecule has 0 N–H and O–H groups in total. The predicted molar refractivity (Wildman–Crippen MR) is 242 cm³/mol. The molecule has 280 valence electrons. The molecule has 0 radical (unpaired) electrons. The van der Waals surface area contributed by atoms with Crippen LogP contribution in [0.1, 0.15) is 63.6 Å². The molecule has 56 heavy (non-hydrogen) atoms. The summed E-state index contributed by atoms with van der Waals surface area (Å²) in [6.07, 6.45) is 25.7. The number of fused-ring (bicyclic) bond motifs is 3. The number of nitrogens with zero attached hydrogens (tertiary/aromatic N) is 3. The van der Waals surface area contributed by atoms with Gasteiger partial charge in [0, 0.05) is 34.2 Å². The van der Waals surface area contributed by atoms with E-state index in [1.165, 1.54) is 39.2 Å². The summed E-state index contributed by atoms with van der Waals surface area (Å²) in [6.45, 7) is 16.6. The van der Waals surface area contributed by atoms with E-state index in [-0.39, 0.29) is 0 Å². The molecule has 0 bridgehead atoms. The lowest BCUT2D eigenvalue weighted by atomic mass is 9.86. The molecule has 3 nitrogen and oxygen atoms in total. The Labute approximate surface area is 335 Å². The van der Waals surface area contributed by atoms with Crippen LogP contribution in [0, 0.1) is 5.92 Å². The van der Waals surface area contributed by atoms with E-state index in [1.807, 2.05) is 26.0 Å². The van der Waals surface area contributed by atoms with Crippen molar-refractivity contribution in [1.29, 1.82) is 0 Å². The average Bonchev–Trinajstić information content (AvgIpc) is 3.63. The molecular formula is C53H53N3. The van der Waals surface area contributed by atoms with Gasteiger partial charge in [0.2, 0.25) is 0 Å². The SMILES string of the molecule is C=C/C=C(\C=C/C)N(C1=CC2=C(CC1)N(c1ccc(C3=CCC4Cc5ccccc5C4=C3)cc1)C(/C=C\C)=C(C=C)N2c1ccccc1)c1ccccc1.CC. The number of benzene rings is 4. The van der Waals surface area contributed by atoms with Gasteiger partial charge in [0.15, 0.2) is 0 Å². The first-order valence-corrected chi connectivity index (χ1v) is 20.1. The maximum atomic E-state index is 4.40. The quantitative estimate of drug-likeness (QED) is 0.150. The molecule has 0 fully saturated rings. The number of allylic oxidation sites excluding steroid dienone is 14. The van der Waals surface area contributed by atoms with Crippen molar-refractivity contribution in [2.24, 2.45) is 5.92 Å². The lowest BCUT2D eigenvalue weighted by molar-refractivity contribution is 0.704. The van der Waals surface area contributed by atoms with Crippen molar-refractivity contribution in [1.82, 2.24) is 0 Å². The maximum Gasteiger partial charge on any atom is 0.0697 e. The molecule has 3 heteroatoms. The first-order chi connectivity index (χ1) is 27.6. The molecule has 1 heterocycles. The normalized spacial score (nSPS) is 17.8. The smallest absolute Gasteiger partial charge is 0.0697 e. The summed E-state index contributed by atoms with van der Waals surface area (Å²) < 4.78 is 0. The third-order valence-electron chi connectivity index (χ3n) is 10.8. The van der Waals surface area contributed by atoms with Gasteiger partial charge in [-0.25, -0.2) is 0 Å². The van der Waals surface area contributed by atoms with Crippen molar-refractivity contribution in [2.45, 2.75) is 53.4 Å². The van der Waals surface area contributed by atoms with Gasteiger partial charge in [-0.15, -0.1) is 0 Å². The van der Waals surface area contributed by atoms with Crippen LogP contribution in [-0.4, -0.2) is 0 Å². The van der Waals surface area contributed by atoms with Crippen molar-refractivity contribution < 1.29 is 0 Å². The van der Waals surface area contributed by atoms with Gasteiger partial charge in [0.1, 0.15) is 0 Å². The van der Waals surface area contributed by atoms with Crippen molar-refractivity contribution in [3.8, 4) is 0 Å². The van der Waals surface area contributed by atoms with Crippen LogP contribution in [-0.2, 0) is 6.42 Å². The Morgan fingerprint density at radius 1 is 0.732 bits per heavy atom. The van der Waals surface area contributed by atoms with Crippen LogP contribution in [0.5, 0.6) is 0 Å². The molecule has 3 aliphatic carbocycles. The van der Waals surface area contributed by atoms with Crippen molar-refractivity contribution in [2.75, 3.05) is 14.7 Å². The molecule has 4 aromatic carbocycles. The standard InChI is InChI=1S/C51H47N3.C2H6/c1-5-17-41(18-6-2)52(42-21-11-9-12-22-42)45-32-33-50-51(36-45)53(43-23-13-10-14-24-43)48(8-4)49(19-7-3)54(50)44-30-28-37(29-31-44)38-26-27-40-34-39-20-15-16-25-46(39)47(40)35-38;1-2/h5-26,28-31,35-36,40H,1,4,27,32-34H2,2-3H3;1-2H3/b18-6-,19-7-,41-17+;. The van der Waals surface area contributed by atoms with E-state index in [4.69, 9.17) is 0 Å². The van der Waals surface area contributed by atoms with Gasteiger partial charge in [-0.1, -0.05) is 130 Å². The van der Waals surface area contributed by atoms with Crippen molar-refractivity contribution >= 4 is 28.2 Å². The van der Waals surface area contributed by atoms with Crippen LogP contribution in [0.4, 0.5) is 17.1 Å². The zero-order valence-electron chi connectivity index (χ0n) is 33.3. The van der Waals surface area contributed by atoms with Gasteiger partial charge in [0.25, 0.3) is 0 Å². The first kappa shape index (κ1) is 38.0. The molecule has 1 atom stereocenters. The van der Waals surface area contributed by atoms with E-state index < -0.39 is 0 Å². The minimum absolute atomic E-state index is 0.589. The molecule has 0 aromatic heterocycles. The summed E-state index contributed by atoms with van der Waals surface area (Å²) in [6, 6.07) is 39.4. The van der Waals surface area contributed by atoms with Gasteiger partial charge in [-0.3, -0.25) is 0 Å². The largest absolute Gasteiger partial charge is 0.314 e. The van der Waals surface area contributed by atoms with Crippen LogP contribution in [0.15, 0.2) is 217 Å². The number of anilines is 3.